The molecule has 0 amide bonds. The second-order valence-electron chi connectivity index (χ2n) is 1.83. The smallest absolute Gasteiger partial charge is 0.545 e. The van der Waals surface area contributed by atoms with Crippen molar-refractivity contribution in [1.29, 1.82) is 0 Å². The fourth-order valence-electron chi connectivity index (χ4n) is 0.598. The summed E-state index contributed by atoms with van der Waals surface area (Å²) >= 11 is 3.99. The van der Waals surface area contributed by atoms with Gasteiger partial charge in [-0.05, 0) is 17.7 Å². The molecule has 0 saturated carbocycles. The van der Waals surface area contributed by atoms with Crippen LogP contribution in [-0.2, 0) is 0 Å². The Labute approximate surface area is 92.3 Å². The summed E-state index contributed by atoms with van der Waals surface area (Å²) < 4.78 is 0. The molecule has 0 aromatic heterocycles. The first-order valence-corrected chi connectivity index (χ1v) is 3.15. The summed E-state index contributed by atoms with van der Waals surface area (Å²) in [5.74, 6) is -1.16. The molecule has 0 aliphatic rings. The van der Waals surface area contributed by atoms with E-state index in [9.17, 15) is 9.90 Å². The SMILES string of the molecule is O=C([O-])c1ccc(S)cc1.[Na+]. The Bertz CT molecular complexity index is 245. The quantitative estimate of drug-likeness (QED) is 0.375. The molecule has 0 aliphatic heterocycles. The van der Waals surface area contributed by atoms with Crippen LogP contribution in [0.5, 0.6) is 0 Å². The molecule has 0 saturated heterocycles. The van der Waals surface area contributed by atoms with Crippen molar-refractivity contribution in [2.24, 2.45) is 0 Å². The molecule has 1 rings (SSSR count). The van der Waals surface area contributed by atoms with Gasteiger partial charge >= 0.3 is 29.6 Å². The molecule has 0 spiro atoms. The number of hydrogen-bond acceptors (Lipinski definition) is 3. The van der Waals surface area contributed by atoms with Crippen molar-refractivity contribution < 1.29 is 39.5 Å². The third kappa shape index (κ3) is 3.29. The third-order valence-electron chi connectivity index (χ3n) is 1.10. The van der Waals surface area contributed by atoms with Crippen LogP contribution in [0.1, 0.15) is 10.4 Å². The predicted octanol–water partition coefficient (Wildman–Crippen LogP) is -2.66. The first kappa shape index (κ1) is 11.0. The summed E-state index contributed by atoms with van der Waals surface area (Å²) in [4.78, 5) is 10.9. The summed E-state index contributed by atoms with van der Waals surface area (Å²) in [6, 6.07) is 6.12. The number of hydrogen-bond donors (Lipinski definition) is 1. The minimum Gasteiger partial charge on any atom is -0.545 e. The molecule has 0 radical (unpaired) electrons. The van der Waals surface area contributed by atoms with Gasteiger partial charge in [0.2, 0.25) is 0 Å². The zero-order valence-corrected chi connectivity index (χ0v) is 8.97. The number of benzene rings is 1. The summed E-state index contributed by atoms with van der Waals surface area (Å²) in [5.41, 5.74) is 0.179. The molecule has 1 aromatic carbocycles. The van der Waals surface area contributed by atoms with E-state index in [1.165, 1.54) is 12.1 Å². The van der Waals surface area contributed by atoms with Gasteiger partial charge in [0.1, 0.15) is 0 Å². The maximum atomic E-state index is 10.2. The standard InChI is InChI=1S/C7H6O2S.Na/c8-7(9)5-1-3-6(10)4-2-5;/h1-4,10H,(H,8,9);/q;+1/p-1. The van der Waals surface area contributed by atoms with Crippen LogP contribution in [0, 0.1) is 0 Å². The number of carbonyl (C=O) groups is 1. The second kappa shape index (κ2) is 4.83. The molecule has 0 aliphatic carbocycles. The Morgan fingerprint density at radius 3 is 2.09 bits per heavy atom. The van der Waals surface area contributed by atoms with Gasteiger partial charge in [-0.15, -0.1) is 12.6 Å². The van der Waals surface area contributed by atoms with Gasteiger partial charge in [-0.3, -0.25) is 0 Å². The van der Waals surface area contributed by atoms with Gasteiger partial charge in [0.15, 0.2) is 0 Å². The maximum absolute atomic E-state index is 10.2. The molecule has 0 unspecified atom stereocenters. The topological polar surface area (TPSA) is 40.1 Å². The van der Waals surface area contributed by atoms with Crippen molar-refractivity contribution in [3.8, 4) is 0 Å². The van der Waals surface area contributed by atoms with Crippen LogP contribution >= 0.6 is 12.6 Å². The number of aromatic carboxylic acids is 1. The van der Waals surface area contributed by atoms with Crippen LogP contribution < -0.4 is 34.7 Å². The molecule has 0 heterocycles. The van der Waals surface area contributed by atoms with E-state index in [0.29, 0.717) is 0 Å². The van der Waals surface area contributed by atoms with E-state index < -0.39 is 5.97 Å². The molecular weight excluding hydrogens is 171 g/mol. The molecule has 11 heavy (non-hydrogen) atoms. The monoisotopic (exact) mass is 176 g/mol. The van der Waals surface area contributed by atoms with E-state index in [1.54, 1.807) is 12.1 Å². The van der Waals surface area contributed by atoms with Gasteiger partial charge in [0.25, 0.3) is 0 Å². The van der Waals surface area contributed by atoms with Gasteiger partial charge in [0, 0.05) is 4.90 Å². The molecule has 0 fully saturated rings. The average Bonchev–Trinajstić information content (AvgIpc) is 1.88. The maximum Gasteiger partial charge on any atom is 1.00 e. The van der Waals surface area contributed by atoms with Crippen molar-refractivity contribution in [3.63, 3.8) is 0 Å². The molecule has 0 atom stereocenters. The fourth-order valence-corrected chi connectivity index (χ4v) is 0.747. The predicted molar refractivity (Wildman–Crippen MR) is 38.0 cm³/mol. The number of carboxylic acids is 1. The Morgan fingerprint density at radius 2 is 1.73 bits per heavy atom. The van der Waals surface area contributed by atoms with Crippen LogP contribution in [0.15, 0.2) is 29.2 Å². The van der Waals surface area contributed by atoms with Crippen molar-refractivity contribution in [2.45, 2.75) is 4.90 Å². The summed E-state index contributed by atoms with van der Waals surface area (Å²) in [7, 11) is 0. The number of carbonyl (C=O) groups excluding carboxylic acids is 1. The fraction of sp³-hybridized carbons (Fsp3) is 0. The number of thiol groups is 1. The van der Waals surface area contributed by atoms with Gasteiger partial charge in [-0.1, -0.05) is 12.1 Å². The largest absolute Gasteiger partial charge is 1.00 e. The normalized spacial score (nSPS) is 8.45. The van der Waals surface area contributed by atoms with Crippen LogP contribution in [0.3, 0.4) is 0 Å². The van der Waals surface area contributed by atoms with Crippen LogP contribution in [-0.4, -0.2) is 5.97 Å². The first-order valence-electron chi connectivity index (χ1n) is 2.70. The van der Waals surface area contributed by atoms with Crippen LogP contribution in [0.2, 0.25) is 0 Å². The Kier molecular flexibility index (Phi) is 4.84. The Balaban J connectivity index is 0.000001000. The minimum absolute atomic E-state index is 0. The third-order valence-corrected chi connectivity index (χ3v) is 1.40. The second-order valence-corrected chi connectivity index (χ2v) is 2.35. The molecular formula is C7H5NaO2S. The van der Waals surface area contributed by atoms with Crippen LogP contribution in [0.4, 0.5) is 0 Å². The van der Waals surface area contributed by atoms with E-state index >= 15 is 0 Å². The molecule has 4 heteroatoms. The summed E-state index contributed by atoms with van der Waals surface area (Å²) in [6.45, 7) is 0. The van der Waals surface area contributed by atoms with E-state index in [4.69, 9.17) is 0 Å². The first-order chi connectivity index (χ1) is 4.70. The number of carboxylic acid groups (broad SMARTS) is 1. The molecule has 2 nitrogen and oxygen atoms in total. The van der Waals surface area contributed by atoms with Gasteiger partial charge in [0.05, 0.1) is 5.97 Å². The molecule has 52 valence electrons. The summed E-state index contributed by atoms with van der Waals surface area (Å²) in [5, 5.41) is 10.2. The van der Waals surface area contributed by atoms with Crippen LogP contribution in [0.25, 0.3) is 0 Å². The van der Waals surface area contributed by atoms with E-state index in [0.717, 1.165) is 4.90 Å². The zero-order valence-electron chi connectivity index (χ0n) is 6.07. The average molecular weight is 176 g/mol. The van der Waals surface area contributed by atoms with Gasteiger partial charge in [-0.2, -0.15) is 0 Å². The van der Waals surface area contributed by atoms with Crippen molar-refractivity contribution in [2.75, 3.05) is 0 Å². The van der Waals surface area contributed by atoms with Crippen molar-refractivity contribution in [3.05, 3.63) is 29.8 Å². The number of rotatable bonds is 1. The Morgan fingerprint density at radius 1 is 1.27 bits per heavy atom. The van der Waals surface area contributed by atoms with E-state index in [2.05, 4.69) is 12.6 Å². The zero-order chi connectivity index (χ0) is 7.56. The van der Waals surface area contributed by atoms with Crippen molar-refractivity contribution in [1.82, 2.24) is 0 Å². The van der Waals surface area contributed by atoms with Gasteiger partial charge in [-0.25, -0.2) is 0 Å². The van der Waals surface area contributed by atoms with E-state index in [-0.39, 0.29) is 35.1 Å². The minimum atomic E-state index is -1.16. The van der Waals surface area contributed by atoms with Gasteiger partial charge < -0.3 is 9.90 Å². The van der Waals surface area contributed by atoms with Crippen molar-refractivity contribution >= 4 is 18.6 Å². The molecule has 0 bridgehead atoms. The summed E-state index contributed by atoms with van der Waals surface area (Å²) in [6.07, 6.45) is 0. The molecule has 0 N–H and O–H groups in total. The van der Waals surface area contributed by atoms with E-state index in [1.807, 2.05) is 0 Å². The Hall–Kier alpha value is 0.0400. The molecule has 1 aromatic rings.